The third kappa shape index (κ3) is 3.67. The van der Waals surface area contributed by atoms with Gasteiger partial charge < -0.3 is 16.2 Å². The van der Waals surface area contributed by atoms with Gasteiger partial charge in [-0.3, -0.25) is 9.48 Å². The first-order valence-electron chi connectivity index (χ1n) is 9.05. The summed E-state index contributed by atoms with van der Waals surface area (Å²) >= 11 is 6.16. The molecule has 0 fully saturated rings. The van der Waals surface area contributed by atoms with E-state index < -0.39 is 11.5 Å². The molecule has 2 unspecified atom stereocenters. The van der Waals surface area contributed by atoms with Crippen LogP contribution in [0.15, 0.2) is 54.1 Å². The molecule has 4 rings (SSSR count). The molecule has 9 nitrogen and oxygen atoms in total. The summed E-state index contributed by atoms with van der Waals surface area (Å²) in [4.78, 5) is 17.1. The molecule has 3 aromatic heterocycles. The highest BCUT2D eigenvalue weighted by Crippen LogP contribution is 2.38. The van der Waals surface area contributed by atoms with Crippen molar-refractivity contribution >= 4 is 28.8 Å². The fraction of sp³-hybridized carbons (Fsp3) is 0.263. The summed E-state index contributed by atoms with van der Waals surface area (Å²) in [6.45, 7) is 2.50. The van der Waals surface area contributed by atoms with Crippen molar-refractivity contribution in [2.24, 2.45) is 5.73 Å². The fourth-order valence-electron chi connectivity index (χ4n) is 3.28. The van der Waals surface area contributed by atoms with Crippen LogP contribution in [0, 0.1) is 0 Å². The number of rotatable bonds is 5. The standard InChI is InChI=1S/C19H20ClN7O2/c1-19(29)4-3-12(20)9-14(19)16-15(11-26(25-16)8-5-21)24-18(28)13-10-23-27-7-2-6-22-17(13)27/h2-4,6-7,9-11,14,29H,5,8,21H2,1H3,(H,24,28). The van der Waals surface area contributed by atoms with Gasteiger partial charge in [0, 0.05) is 30.2 Å². The van der Waals surface area contributed by atoms with Crippen molar-refractivity contribution in [1.82, 2.24) is 24.4 Å². The Morgan fingerprint density at radius 3 is 3.10 bits per heavy atom. The molecule has 0 saturated heterocycles. The third-order valence-electron chi connectivity index (χ3n) is 4.75. The largest absolute Gasteiger partial charge is 0.385 e. The van der Waals surface area contributed by atoms with Gasteiger partial charge in [0.15, 0.2) is 5.65 Å². The number of nitrogens with two attached hydrogens (primary N) is 1. The predicted molar refractivity (Wildman–Crippen MR) is 109 cm³/mol. The monoisotopic (exact) mass is 413 g/mol. The van der Waals surface area contributed by atoms with Gasteiger partial charge >= 0.3 is 0 Å². The van der Waals surface area contributed by atoms with Crippen molar-refractivity contribution in [2.45, 2.75) is 25.0 Å². The van der Waals surface area contributed by atoms with E-state index in [2.05, 4.69) is 20.5 Å². The maximum Gasteiger partial charge on any atom is 0.261 e. The molecule has 2 atom stereocenters. The van der Waals surface area contributed by atoms with Crippen LogP contribution in [0.4, 0.5) is 5.69 Å². The highest BCUT2D eigenvalue weighted by atomic mass is 35.5. The number of amides is 1. The van der Waals surface area contributed by atoms with Gasteiger partial charge in [0.1, 0.15) is 5.56 Å². The minimum Gasteiger partial charge on any atom is -0.385 e. The topological polar surface area (TPSA) is 123 Å². The Morgan fingerprint density at radius 2 is 2.31 bits per heavy atom. The van der Waals surface area contributed by atoms with E-state index in [1.165, 1.54) is 10.7 Å². The number of aliphatic hydroxyl groups is 1. The lowest BCUT2D eigenvalue weighted by atomic mass is 9.82. The lowest BCUT2D eigenvalue weighted by Gasteiger charge is -2.30. The molecule has 29 heavy (non-hydrogen) atoms. The van der Waals surface area contributed by atoms with Gasteiger partial charge in [-0.15, -0.1) is 0 Å². The van der Waals surface area contributed by atoms with Crippen molar-refractivity contribution in [3.8, 4) is 0 Å². The zero-order chi connectivity index (χ0) is 20.6. The molecule has 0 bridgehead atoms. The number of aromatic nitrogens is 5. The number of anilines is 1. The van der Waals surface area contributed by atoms with E-state index in [9.17, 15) is 9.90 Å². The molecule has 10 heteroatoms. The van der Waals surface area contributed by atoms with Gasteiger partial charge in [-0.2, -0.15) is 10.2 Å². The molecule has 0 spiro atoms. The predicted octanol–water partition coefficient (Wildman–Crippen LogP) is 1.66. The Bertz CT molecular complexity index is 1130. The maximum atomic E-state index is 12.9. The number of hydrogen-bond donors (Lipinski definition) is 3. The molecule has 3 heterocycles. The molecule has 0 aliphatic heterocycles. The van der Waals surface area contributed by atoms with Crippen LogP contribution >= 0.6 is 11.6 Å². The molecule has 150 valence electrons. The molecular weight excluding hydrogens is 394 g/mol. The van der Waals surface area contributed by atoms with Crippen LogP contribution in [0.3, 0.4) is 0 Å². The summed E-state index contributed by atoms with van der Waals surface area (Å²) in [5.41, 5.74) is 6.15. The quantitative estimate of drug-likeness (QED) is 0.584. The van der Waals surface area contributed by atoms with E-state index in [0.29, 0.717) is 40.7 Å². The van der Waals surface area contributed by atoms with Crippen LogP contribution in [0.2, 0.25) is 0 Å². The number of allylic oxidation sites excluding steroid dienone is 2. The molecule has 0 radical (unpaired) electrons. The molecule has 0 saturated carbocycles. The Balaban J connectivity index is 1.72. The van der Waals surface area contributed by atoms with Gasteiger partial charge in [-0.1, -0.05) is 23.8 Å². The summed E-state index contributed by atoms with van der Waals surface area (Å²) in [7, 11) is 0. The lowest BCUT2D eigenvalue weighted by Crippen LogP contribution is -2.32. The van der Waals surface area contributed by atoms with Crippen molar-refractivity contribution in [1.29, 1.82) is 0 Å². The molecule has 1 amide bonds. The Kier molecular flexibility index (Phi) is 4.95. The number of carbonyl (C=O) groups is 1. The van der Waals surface area contributed by atoms with Crippen molar-refractivity contribution in [3.63, 3.8) is 0 Å². The zero-order valence-electron chi connectivity index (χ0n) is 15.7. The summed E-state index contributed by atoms with van der Waals surface area (Å²) < 4.78 is 3.16. The van der Waals surface area contributed by atoms with E-state index in [0.717, 1.165) is 0 Å². The fourth-order valence-corrected chi connectivity index (χ4v) is 3.47. The first-order chi connectivity index (χ1) is 13.9. The number of fused-ring (bicyclic) bond motifs is 1. The molecule has 1 aliphatic rings. The van der Waals surface area contributed by atoms with Gasteiger partial charge in [0.25, 0.3) is 5.91 Å². The Hall–Kier alpha value is -3.01. The van der Waals surface area contributed by atoms with Gasteiger partial charge in [0.05, 0.1) is 35.6 Å². The molecule has 1 aliphatic carbocycles. The summed E-state index contributed by atoms with van der Waals surface area (Å²) in [5, 5.41) is 22.9. The summed E-state index contributed by atoms with van der Waals surface area (Å²) in [6, 6.07) is 1.73. The van der Waals surface area contributed by atoms with Crippen molar-refractivity contribution < 1.29 is 9.90 Å². The van der Waals surface area contributed by atoms with E-state index in [1.54, 1.807) is 54.5 Å². The van der Waals surface area contributed by atoms with Crippen molar-refractivity contribution in [2.75, 3.05) is 11.9 Å². The van der Waals surface area contributed by atoms with Crippen molar-refractivity contribution in [3.05, 3.63) is 65.4 Å². The first kappa shape index (κ1) is 19.3. The molecule has 3 aromatic rings. The van der Waals surface area contributed by atoms with Crippen LogP contribution in [0.25, 0.3) is 5.65 Å². The number of nitrogens with one attached hydrogen (secondary N) is 1. The number of nitrogens with zero attached hydrogens (tertiary/aromatic N) is 5. The molecule has 4 N–H and O–H groups in total. The molecule has 0 aromatic carbocycles. The Labute approximate surface area is 171 Å². The number of halogens is 1. The summed E-state index contributed by atoms with van der Waals surface area (Å²) in [5.74, 6) is -0.926. The molecular formula is C19H20ClN7O2. The van der Waals surface area contributed by atoms with E-state index >= 15 is 0 Å². The SMILES string of the molecule is CC1(O)C=CC(Cl)=CC1c1nn(CCN)cc1NC(=O)c1cnn2cccnc12. The second-order valence-electron chi connectivity index (χ2n) is 6.97. The number of hydrogen-bond acceptors (Lipinski definition) is 6. The number of carbonyl (C=O) groups excluding carboxylic acids is 1. The smallest absolute Gasteiger partial charge is 0.261 e. The van der Waals surface area contributed by atoms with Crippen LogP contribution in [-0.4, -0.2) is 47.5 Å². The third-order valence-corrected chi connectivity index (χ3v) is 5.00. The van der Waals surface area contributed by atoms with E-state index in [-0.39, 0.29) is 5.91 Å². The highest BCUT2D eigenvalue weighted by molar-refractivity contribution is 6.31. The van der Waals surface area contributed by atoms with Gasteiger partial charge in [0.2, 0.25) is 0 Å². The minimum absolute atomic E-state index is 0.326. The lowest BCUT2D eigenvalue weighted by molar-refractivity contribution is 0.0926. The van der Waals surface area contributed by atoms with Crippen LogP contribution in [0.5, 0.6) is 0 Å². The minimum atomic E-state index is -1.22. The Morgan fingerprint density at radius 1 is 1.48 bits per heavy atom. The van der Waals surface area contributed by atoms with Gasteiger partial charge in [-0.25, -0.2) is 9.50 Å². The second-order valence-corrected chi connectivity index (χ2v) is 7.40. The highest BCUT2D eigenvalue weighted by Gasteiger charge is 2.36. The van der Waals surface area contributed by atoms with Crippen LogP contribution in [0.1, 0.15) is 28.9 Å². The first-order valence-corrected chi connectivity index (χ1v) is 9.43. The van der Waals surface area contributed by atoms with Crippen LogP contribution < -0.4 is 11.1 Å². The van der Waals surface area contributed by atoms with Crippen LogP contribution in [-0.2, 0) is 6.54 Å². The maximum absolute atomic E-state index is 12.9. The van der Waals surface area contributed by atoms with Gasteiger partial charge in [-0.05, 0) is 19.1 Å². The van der Waals surface area contributed by atoms with E-state index in [1.807, 2.05) is 0 Å². The summed E-state index contributed by atoms with van der Waals surface area (Å²) in [6.07, 6.45) is 11.4. The normalized spacial score (nSPS) is 21.4. The zero-order valence-corrected chi connectivity index (χ0v) is 16.4. The van der Waals surface area contributed by atoms with E-state index in [4.69, 9.17) is 17.3 Å². The average Bonchev–Trinajstić information content (AvgIpc) is 3.28. The second kappa shape index (κ2) is 7.43. The average molecular weight is 414 g/mol.